The van der Waals surface area contributed by atoms with Gasteiger partial charge >= 0.3 is 0 Å². The van der Waals surface area contributed by atoms with E-state index in [-0.39, 0.29) is 5.95 Å². The summed E-state index contributed by atoms with van der Waals surface area (Å²) < 4.78 is 13.1. The largest absolute Gasteiger partial charge is 0.494 e. The summed E-state index contributed by atoms with van der Waals surface area (Å²) in [5, 5.41) is 0.730. The smallest absolute Gasteiger partial charge is 0.223 e. The number of hydrogen-bond donors (Lipinski definition) is 1. The monoisotopic (exact) mass is 405 g/mol. The second-order valence-corrected chi connectivity index (χ2v) is 7.25. The van der Waals surface area contributed by atoms with Crippen molar-refractivity contribution in [1.29, 1.82) is 0 Å². The Morgan fingerprint density at radius 1 is 1.26 bits per heavy atom. The number of fused-ring (bicyclic) bond motifs is 1. The van der Waals surface area contributed by atoms with Gasteiger partial charge in [0.05, 0.1) is 25.9 Å². The minimum Gasteiger partial charge on any atom is -0.494 e. The molecule has 0 aliphatic rings. The first-order valence-electron chi connectivity index (χ1n) is 8.88. The van der Waals surface area contributed by atoms with Crippen molar-refractivity contribution < 1.29 is 9.47 Å². The van der Waals surface area contributed by atoms with E-state index < -0.39 is 0 Å². The van der Waals surface area contributed by atoms with Gasteiger partial charge < -0.3 is 19.8 Å². The maximum atomic E-state index is 5.94. The third-order valence-corrected chi connectivity index (χ3v) is 5.03. The van der Waals surface area contributed by atoms with Crippen LogP contribution in [0.25, 0.3) is 11.2 Å². The number of rotatable bonds is 10. The Morgan fingerprint density at radius 3 is 2.96 bits per heavy atom. The Kier molecular flexibility index (Phi) is 7.26. The van der Waals surface area contributed by atoms with Crippen LogP contribution < -0.4 is 10.5 Å². The van der Waals surface area contributed by atoms with Crippen LogP contribution in [0.1, 0.15) is 19.8 Å². The summed E-state index contributed by atoms with van der Waals surface area (Å²) in [5.41, 5.74) is 7.39. The van der Waals surface area contributed by atoms with E-state index in [9.17, 15) is 0 Å². The maximum absolute atomic E-state index is 5.94. The van der Waals surface area contributed by atoms with Gasteiger partial charge in [-0.3, -0.25) is 0 Å². The number of nitrogen functional groups attached to an aromatic ring is 1. The number of nitrogens with zero attached hydrogens (tertiary/aromatic N) is 4. The summed E-state index contributed by atoms with van der Waals surface area (Å²) in [7, 11) is 2.54. The number of nitrogens with two attached hydrogens (primary N) is 1. The maximum Gasteiger partial charge on any atom is 0.223 e. The molecule has 27 heavy (non-hydrogen) atoms. The average Bonchev–Trinajstić information content (AvgIpc) is 3.06. The molecule has 0 amide bonds. The first kappa shape index (κ1) is 19.9. The van der Waals surface area contributed by atoms with Crippen LogP contribution in [0.3, 0.4) is 0 Å². The highest BCUT2D eigenvalue weighted by molar-refractivity contribution is 7.99. The lowest BCUT2D eigenvalue weighted by Gasteiger charge is -2.08. The van der Waals surface area contributed by atoms with Gasteiger partial charge in [0, 0.05) is 11.4 Å². The molecule has 3 aromatic rings. The average molecular weight is 405 g/mol. The molecule has 0 spiro atoms. The molecule has 7 nitrogen and oxygen atoms in total. The van der Waals surface area contributed by atoms with E-state index in [0.29, 0.717) is 25.1 Å². The van der Waals surface area contributed by atoms with Crippen molar-refractivity contribution in [2.24, 2.45) is 0 Å². The molecule has 0 saturated heterocycles. The number of aromatic nitrogens is 4. The summed E-state index contributed by atoms with van der Waals surface area (Å²) in [6.07, 6.45) is 4.50. The van der Waals surface area contributed by atoms with Gasteiger partial charge in [0.25, 0.3) is 0 Å². The van der Waals surface area contributed by atoms with Gasteiger partial charge in [0.1, 0.15) is 16.3 Å². The van der Waals surface area contributed by atoms with Crippen molar-refractivity contribution in [3.63, 3.8) is 0 Å². The predicted molar refractivity (Wildman–Crippen MR) is 111 cm³/mol. The third-order valence-electron chi connectivity index (χ3n) is 3.83. The molecular weight excluding hydrogens is 381 g/mol. The molecule has 2 N–H and O–H groups in total. The lowest BCUT2D eigenvalue weighted by molar-refractivity contribution is 0.173. The summed E-state index contributed by atoms with van der Waals surface area (Å²) in [6, 6.07) is 7.97. The highest BCUT2D eigenvalue weighted by Gasteiger charge is 2.14. The molecule has 2 aromatic heterocycles. The number of unbranched alkanes of at least 4 members (excludes halogenated alkanes) is 1. The summed E-state index contributed by atoms with van der Waals surface area (Å²) >= 11 is 1.50. The van der Waals surface area contributed by atoms with Crippen LogP contribution in [-0.2, 0) is 11.3 Å². The fraction of sp³-hybridized carbons (Fsp3) is 0.389. The van der Waals surface area contributed by atoms with Gasteiger partial charge in [0.15, 0.2) is 5.65 Å². The SMILES string of the molecule is CCCCOc1cccc(Sc2nc(N)nc3c2ncn3CCOCP)c1. The van der Waals surface area contributed by atoms with Crippen LogP contribution in [0.5, 0.6) is 5.75 Å². The predicted octanol–water partition coefficient (Wildman–Crippen LogP) is 3.59. The molecule has 0 fully saturated rings. The summed E-state index contributed by atoms with van der Waals surface area (Å²) in [5.74, 6) is 1.08. The third kappa shape index (κ3) is 5.31. The van der Waals surface area contributed by atoms with E-state index in [1.165, 1.54) is 11.8 Å². The van der Waals surface area contributed by atoms with Gasteiger partial charge in [-0.15, -0.1) is 9.24 Å². The fourth-order valence-corrected chi connectivity index (χ4v) is 3.58. The quantitative estimate of drug-likeness (QED) is 0.313. The van der Waals surface area contributed by atoms with Gasteiger partial charge in [-0.05, 0) is 24.6 Å². The van der Waals surface area contributed by atoms with E-state index in [0.717, 1.165) is 40.6 Å². The first-order valence-corrected chi connectivity index (χ1v) is 10.5. The fourth-order valence-electron chi connectivity index (χ4n) is 2.49. The van der Waals surface area contributed by atoms with Gasteiger partial charge in [-0.25, -0.2) is 9.97 Å². The van der Waals surface area contributed by atoms with Gasteiger partial charge in [0.2, 0.25) is 5.95 Å². The van der Waals surface area contributed by atoms with Crippen molar-refractivity contribution >= 4 is 38.1 Å². The Bertz CT molecular complexity index is 889. The molecule has 0 aliphatic heterocycles. The first-order chi connectivity index (χ1) is 13.2. The molecule has 1 unspecified atom stereocenters. The van der Waals surface area contributed by atoms with Crippen LogP contribution >= 0.6 is 21.0 Å². The highest BCUT2D eigenvalue weighted by Crippen LogP contribution is 2.33. The standard InChI is InChI=1S/C18H24N5O2PS/c1-2-3-8-25-13-5-4-6-14(10-13)27-17-15-16(21-18(19)22-17)23(11-20-15)7-9-24-12-26/h4-6,10-11H,2-3,7-9,12,26H2,1H3,(H2,19,21,22). The lowest BCUT2D eigenvalue weighted by atomic mass is 10.3. The highest BCUT2D eigenvalue weighted by atomic mass is 32.2. The molecule has 0 aliphatic carbocycles. The van der Waals surface area contributed by atoms with Crippen molar-refractivity contribution in [3.8, 4) is 5.75 Å². The van der Waals surface area contributed by atoms with Crippen LogP contribution in [0.4, 0.5) is 5.95 Å². The van der Waals surface area contributed by atoms with Crippen LogP contribution in [0.15, 0.2) is 40.5 Å². The Hall–Kier alpha value is -1.89. The molecule has 3 rings (SSSR count). The van der Waals surface area contributed by atoms with Crippen LogP contribution in [0, 0.1) is 0 Å². The number of anilines is 1. The topological polar surface area (TPSA) is 88.1 Å². The van der Waals surface area contributed by atoms with Crippen molar-refractivity contribution in [2.45, 2.75) is 36.2 Å². The number of benzene rings is 1. The van der Waals surface area contributed by atoms with Crippen LogP contribution in [0.2, 0.25) is 0 Å². The van der Waals surface area contributed by atoms with Gasteiger partial charge in [-0.2, -0.15) is 4.98 Å². The van der Waals surface area contributed by atoms with E-state index in [1.54, 1.807) is 6.33 Å². The van der Waals surface area contributed by atoms with Gasteiger partial charge in [-0.1, -0.05) is 31.2 Å². The van der Waals surface area contributed by atoms with Crippen LogP contribution in [-0.4, -0.2) is 39.1 Å². The molecule has 0 saturated carbocycles. The Balaban J connectivity index is 1.81. The molecule has 2 heterocycles. The second-order valence-electron chi connectivity index (χ2n) is 5.85. The molecule has 1 atom stereocenters. The minimum atomic E-state index is 0.231. The van der Waals surface area contributed by atoms with Crippen molar-refractivity contribution in [1.82, 2.24) is 19.5 Å². The molecule has 144 valence electrons. The van der Waals surface area contributed by atoms with E-state index in [1.807, 2.05) is 28.8 Å². The minimum absolute atomic E-state index is 0.231. The molecule has 0 bridgehead atoms. The molecule has 9 heteroatoms. The van der Waals surface area contributed by atoms with Crippen molar-refractivity contribution in [2.75, 3.05) is 25.3 Å². The normalized spacial score (nSPS) is 11.2. The zero-order valence-electron chi connectivity index (χ0n) is 15.3. The zero-order chi connectivity index (χ0) is 19.1. The summed E-state index contributed by atoms with van der Waals surface area (Å²) in [6.45, 7) is 4.11. The Labute approximate surface area is 165 Å². The lowest BCUT2D eigenvalue weighted by Crippen LogP contribution is -2.06. The second kappa shape index (κ2) is 9.88. The Morgan fingerprint density at radius 2 is 2.15 bits per heavy atom. The molecule has 0 radical (unpaired) electrons. The molecule has 1 aromatic carbocycles. The number of imidazole rings is 1. The van der Waals surface area contributed by atoms with E-state index in [4.69, 9.17) is 15.2 Å². The van der Waals surface area contributed by atoms with E-state index in [2.05, 4.69) is 31.1 Å². The van der Waals surface area contributed by atoms with E-state index >= 15 is 0 Å². The zero-order valence-corrected chi connectivity index (χ0v) is 17.3. The number of hydrogen-bond acceptors (Lipinski definition) is 7. The molecular formula is C18H24N5O2PS. The summed E-state index contributed by atoms with van der Waals surface area (Å²) in [4.78, 5) is 14.2. The van der Waals surface area contributed by atoms with Crippen molar-refractivity contribution in [3.05, 3.63) is 30.6 Å². The number of ether oxygens (including phenoxy) is 2.